The molecule has 158 valence electrons. The third-order valence-corrected chi connectivity index (χ3v) is 6.05. The molecule has 1 atom stereocenters. The van der Waals surface area contributed by atoms with Crippen LogP contribution in [0.3, 0.4) is 0 Å². The fourth-order valence-corrected chi connectivity index (χ4v) is 4.58. The minimum absolute atomic E-state index is 0.0486. The van der Waals surface area contributed by atoms with Crippen LogP contribution in [0, 0.1) is 11.7 Å². The van der Waals surface area contributed by atoms with Gasteiger partial charge in [0.2, 0.25) is 4.77 Å². The average Bonchev–Trinajstić information content (AvgIpc) is 3.28. The highest BCUT2D eigenvalue weighted by Crippen LogP contribution is 2.26. The molecule has 0 radical (unpaired) electrons. The Labute approximate surface area is 181 Å². The van der Waals surface area contributed by atoms with Gasteiger partial charge < -0.3 is 14.5 Å². The Morgan fingerprint density at radius 3 is 2.43 bits per heavy atom. The number of anilines is 1. The molecular weight excluding hydrogens is 400 g/mol. The number of piperazine rings is 1. The van der Waals surface area contributed by atoms with Gasteiger partial charge in [0, 0.05) is 44.2 Å². The van der Waals surface area contributed by atoms with Gasteiger partial charge in [-0.2, -0.15) is 0 Å². The zero-order chi connectivity index (χ0) is 21.3. The summed E-state index contributed by atoms with van der Waals surface area (Å²) in [5.41, 5.74) is 2.24. The molecular formula is C22H26N4O3S. The van der Waals surface area contributed by atoms with Crippen LogP contribution in [0.4, 0.5) is 5.82 Å². The van der Waals surface area contributed by atoms with Crippen LogP contribution < -0.4 is 4.90 Å². The van der Waals surface area contributed by atoms with E-state index in [0.717, 1.165) is 24.2 Å². The average molecular weight is 427 g/mol. The van der Waals surface area contributed by atoms with Crippen molar-refractivity contribution in [1.82, 2.24) is 14.5 Å². The fraction of sp³-hybridized carbons (Fsp3) is 0.455. The molecule has 2 aliphatic heterocycles. The summed E-state index contributed by atoms with van der Waals surface area (Å²) in [4.78, 5) is 33.8. The van der Waals surface area contributed by atoms with E-state index >= 15 is 0 Å². The van der Waals surface area contributed by atoms with Crippen LogP contribution in [0.15, 0.2) is 30.3 Å². The third kappa shape index (κ3) is 3.89. The Balaban J connectivity index is 1.61. The summed E-state index contributed by atoms with van der Waals surface area (Å²) < 4.78 is 7.79. The van der Waals surface area contributed by atoms with Crippen LogP contribution in [0.1, 0.15) is 35.8 Å². The topological polar surface area (TPSA) is 67.7 Å². The van der Waals surface area contributed by atoms with E-state index in [2.05, 4.69) is 9.88 Å². The maximum atomic E-state index is 12.6. The van der Waals surface area contributed by atoms with Crippen LogP contribution in [-0.2, 0) is 9.53 Å². The number of nitrogens with zero attached hydrogens (tertiary/aromatic N) is 4. The zero-order valence-electron chi connectivity index (χ0n) is 17.3. The molecule has 2 aliphatic rings. The fourth-order valence-electron chi connectivity index (χ4n) is 4.25. The van der Waals surface area contributed by atoms with E-state index < -0.39 is 0 Å². The molecule has 1 aromatic heterocycles. The lowest BCUT2D eigenvalue weighted by Crippen LogP contribution is -2.52. The maximum absolute atomic E-state index is 12.6. The van der Waals surface area contributed by atoms with Crippen molar-refractivity contribution in [1.29, 1.82) is 0 Å². The van der Waals surface area contributed by atoms with Crippen molar-refractivity contribution in [3.05, 3.63) is 46.4 Å². The molecule has 2 saturated heterocycles. The summed E-state index contributed by atoms with van der Waals surface area (Å²) in [6, 6.07) is 9.70. The summed E-state index contributed by atoms with van der Waals surface area (Å²) in [7, 11) is 0. The molecule has 0 aliphatic carbocycles. The number of amides is 1. The van der Waals surface area contributed by atoms with E-state index in [0.29, 0.717) is 48.9 Å². The largest absolute Gasteiger partial charge is 0.368 e. The number of benzene rings is 1. The number of rotatable bonds is 4. The number of aromatic nitrogens is 2. The zero-order valence-corrected chi connectivity index (χ0v) is 18.2. The lowest BCUT2D eigenvalue weighted by atomic mass is 10.1. The summed E-state index contributed by atoms with van der Waals surface area (Å²) in [6.07, 6.45) is 1.44. The van der Waals surface area contributed by atoms with Crippen molar-refractivity contribution < 1.29 is 14.3 Å². The van der Waals surface area contributed by atoms with Gasteiger partial charge in [0.05, 0.1) is 5.56 Å². The van der Waals surface area contributed by atoms with E-state index in [4.69, 9.17) is 17.0 Å². The van der Waals surface area contributed by atoms with Crippen LogP contribution in [0.25, 0.3) is 5.69 Å². The van der Waals surface area contributed by atoms with Gasteiger partial charge >= 0.3 is 0 Å². The van der Waals surface area contributed by atoms with E-state index in [1.807, 2.05) is 46.7 Å². The molecule has 1 amide bonds. The van der Waals surface area contributed by atoms with Gasteiger partial charge in [0.15, 0.2) is 5.78 Å². The second kappa shape index (κ2) is 8.65. The summed E-state index contributed by atoms with van der Waals surface area (Å²) in [5, 5.41) is 0. The number of ketones is 1. The highest BCUT2D eigenvalue weighted by molar-refractivity contribution is 7.71. The van der Waals surface area contributed by atoms with Crippen molar-refractivity contribution in [3.8, 4) is 5.69 Å². The molecule has 3 heterocycles. The number of carbonyl (C=O) groups excluding carboxylic acids is 2. The molecule has 30 heavy (non-hydrogen) atoms. The summed E-state index contributed by atoms with van der Waals surface area (Å²) >= 11 is 5.59. The first kappa shape index (κ1) is 20.7. The van der Waals surface area contributed by atoms with Gasteiger partial charge in [-0.1, -0.05) is 18.2 Å². The first-order valence-corrected chi connectivity index (χ1v) is 10.7. The quantitative estimate of drug-likeness (QED) is 0.553. The third-order valence-electron chi connectivity index (χ3n) is 5.78. The minimum atomic E-state index is -0.300. The van der Waals surface area contributed by atoms with Crippen LogP contribution in [-0.4, -0.2) is 65.0 Å². The molecule has 4 rings (SSSR count). The number of carbonyl (C=O) groups is 2. The first-order valence-electron chi connectivity index (χ1n) is 10.3. The standard InChI is InChI=1S/C22H26N4O3S/c1-15-19(16(2)27)20(23-22(30)26(15)17-7-4-3-5-8-17)24-10-12-25(13-11-24)21(28)18-9-6-14-29-18/h3-5,7-8,18H,6,9-14H2,1-2H3/t18-/m1/s1. The smallest absolute Gasteiger partial charge is 0.251 e. The van der Waals surface area contributed by atoms with E-state index in [1.165, 1.54) is 0 Å². The molecule has 2 fully saturated rings. The molecule has 8 heteroatoms. The maximum Gasteiger partial charge on any atom is 0.251 e. The second-order valence-corrected chi connectivity index (χ2v) is 8.08. The number of hydrogen-bond acceptors (Lipinski definition) is 6. The van der Waals surface area contributed by atoms with Gasteiger partial charge in [-0.05, 0) is 51.0 Å². The van der Waals surface area contributed by atoms with Gasteiger partial charge in [-0.25, -0.2) is 4.98 Å². The monoisotopic (exact) mass is 426 g/mol. The Morgan fingerprint density at radius 2 is 1.83 bits per heavy atom. The Hall–Kier alpha value is -2.58. The van der Waals surface area contributed by atoms with Gasteiger partial charge in [0.25, 0.3) is 5.91 Å². The molecule has 7 nitrogen and oxygen atoms in total. The summed E-state index contributed by atoms with van der Waals surface area (Å²) in [5.74, 6) is 0.635. The molecule has 0 bridgehead atoms. The van der Waals surface area contributed by atoms with Gasteiger partial charge in [0.1, 0.15) is 11.9 Å². The van der Waals surface area contributed by atoms with Crippen molar-refractivity contribution >= 4 is 29.7 Å². The Morgan fingerprint density at radius 1 is 1.13 bits per heavy atom. The van der Waals surface area contributed by atoms with E-state index in [1.54, 1.807) is 6.92 Å². The predicted octanol–water partition coefficient (Wildman–Crippen LogP) is 2.94. The SMILES string of the molecule is CC(=O)c1c(N2CCN(C(=O)[C@H]3CCCO3)CC2)nc(=S)n(-c2ccccc2)c1C. The van der Waals surface area contributed by atoms with Crippen LogP contribution >= 0.6 is 12.2 Å². The molecule has 1 aromatic carbocycles. The van der Waals surface area contributed by atoms with Crippen molar-refractivity contribution in [2.45, 2.75) is 32.8 Å². The van der Waals surface area contributed by atoms with Crippen molar-refractivity contribution in [2.75, 3.05) is 37.7 Å². The van der Waals surface area contributed by atoms with E-state index in [-0.39, 0.29) is 17.8 Å². The van der Waals surface area contributed by atoms with Crippen molar-refractivity contribution in [2.24, 2.45) is 0 Å². The highest BCUT2D eigenvalue weighted by atomic mass is 32.1. The van der Waals surface area contributed by atoms with Crippen molar-refractivity contribution in [3.63, 3.8) is 0 Å². The lowest BCUT2D eigenvalue weighted by molar-refractivity contribution is -0.141. The normalized spacial score (nSPS) is 19.2. The minimum Gasteiger partial charge on any atom is -0.368 e. The van der Waals surface area contributed by atoms with E-state index in [9.17, 15) is 9.59 Å². The van der Waals surface area contributed by atoms with Crippen LogP contribution in [0.5, 0.6) is 0 Å². The lowest BCUT2D eigenvalue weighted by Gasteiger charge is -2.37. The molecule has 2 aromatic rings. The van der Waals surface area contributed by atoms with Gasteiger partial charge in [-0.15, -0.1) is 0 Å². The number of para-hydroxylation sites is 1. The predicted molar refractivity (Wildman–Crippen MR) is 117 cm³/mol. The number of ether oxygens (including phenoxy) is 1. The molecule has 0 unspecified atom stereocenters. The van der Waals surface area contributed by atoms with Gasteiger partial charge in [-0.3, -0.25) is 14.2 Å². The highest BCUT2D eigenvalue weighted by Gasteiger charge is 2.31. The second-order valence-electron chi connectivity index (χ2n) is 7.72. The number of hydrogen-bond donors (Lipinski definition) is 0. The molecule has 0 saturated carbocycles. The summed E-state index contributed by atoms with van der Waals surface area (Å²) in [6.45, 7) is 6.50. The van der Waals surface area contributed by atoms with Crippen LogP contribution in [0.2, 0.25) is 0 Å². The number of Topliss-reactive ketones (excluding diaryl/α,β-unsaturated/α-hetero) is 1. The molecule has 0 spiro atoms. The Bertz CT molecular complexity index is 1010. The molecule has 0 N–H and O–H groups in total. The first-order chi connectivity index (χ1) is 14.5. The Kier molecular flexibility index (Phi) is 5.97.